The van der Waals surface area contributed by atoms with Gasteiger partial charge in [0.2, 0.25) is 0 Å². The van der Waals surface area contributed by atoms with Crippen LogP contribution in [0, 0.1) is 0 Å². The Labute approximate surface area is 392 Å². The van der Waals surface area contributed by atoms with Crippen molar-refractivity contribution in [3.05, 3.63) is 214 Å². The van der Waals surface area contributed by atoms with Crippen molar-refractivity contribution in [2.45, 2.75) is 25.0 Å². The first kappa shape index (κ1) is 46.5. The lowest BCUT2D eigenvalue weighted by atomic mass is 10.1. The molecule has 0 aliphatic carbocycles. The molecule has 0 aliphatic heterocycles. The van der Waals surface area contributed by atoms with E-state index >= 15 is 0 Å². The Kier molecular flexibility index (Phi) is 16.0. The molecule has 2 aromatic heterocycles. The van der Waals surface area contributed by atoms with Crippen LogP contribution < -0.4 is 31.0 Å². The zero-order valence-electron chi connectivity index (χ0n) is 37.2. The quantitative estimate of drug-likeness (QED) is 0.0380. The molecule has 12 nitrogen and oxygen atoms in total. The molecule has 68 heavy (non-hydrogen) atoms. The van der Waals surface area contributed by atoms with Gasteiger partial charge in [-0.05, 0) is 61.3 Å². The second kappa shape index (κ2) is 23.4. The molecule has 8 aromatic rings. The molecule has 6 aromatic carbocycles. The summed E-state index contributed by atoms with van der Waals surface area (Å²) >= 11 is 0. The van der Waals surface area contributed by atoms with E-state index in [-0.39, 0.29) is 48.3 Å². The van der Waals surface area contributed by atoms with Crippen LogP contribution in [0.3, 0.4) is 0 Å². The van der Waals surface area contributed by atoms with Crippen LogP contribution in [0.5, 0.6) is 11.5 Å². The van der Waals surface area contributed by atoms with E-state index in [0.29, 0.717) is 46.9 Å². The normalized spacial score (nSPS) is 12.2. The molecule has 2 unspecified atom stereocenters. The predicted molar refractivity (Wildman–Crippen MR) is 262 cm³/mol. The topological polar surface area (TPSA) is 156 Å². The number of esters is 2. The molecule has 0 radical (unpaired) electrons. The Hall–Kier alpha value is -8.06. The lowest BCUT2D eigenvalue weighted by Gasteiger charge is -2.20. The second-order valence-electron chi connectivity index (χ2n) is 15.9. The van der Waals surface area contributed by atoms with Crippen LogP contribution in [0.1, 0.15) is 11.1 Å². The number of benzene rings is 6. The van der Waals surface area contributed by atoms with Gasteiger partial charge in [-0.2, -0.15) is 0 Å². The third-order valence-corrected chi connectivity index (χ3v) is 10.9. The van der Waals surface area contributed by atoms with Gasteiger partial charge in [0.25, 0.3) is 0 Å². The Balaban J connectivity index is 0.945. The summed E-state index contributed by atoms with van der Waals surface area (Å²) in [7, 11) is 0. The smallest absolute Gasteiger partial charge is 0.331 e. The molecular weight excluding hydrogens is 861 g/mol. The lowest BCUT2D eigenvalue weighted by molar-refractivity contribution is -0.147. The van der Waals surface area contributed by atoms with Crippen molar-refractivity contribution >= 4 is 33.9 Å². The molecule has 8 rings (SSSR count). The van der Waals surface area contributed by atoms with Crippen molar-refractivity contribution in [2.24, 2.45) is 0 Å². The first-order valence-corrected chi connectivity index (χ1v) is 22.4. The fourth-order valence-electron chi connectivity index (χ4n) is 7.48. The fraction of sp³-hybridized carbons (Fsp3) is 0.179. The second-order valence-corrected chi connectivity index (χ2v) is 15.9. The van der Waals surface area contributed by atoms with E-state index in [1.807, 2.05) is 121 Å². The number of fused-ring (bicyclic) bond motifs is 2. The summed E-state index contributed by atoms with van der Waals surface area (Å²) < 4.78 is 36.5. The van der Waals surface area contributed by atoms with Gasteiger partial charge in [0.1, 0.15) is 36.9 Å². The van der Waals surface area contributed by atoms with E-state index < -0.39 is 24.1 Å². The maximum absolute atomic E-state index is 13.4. The highest BCUT2D eigenvalue weighted by Gasteiger charge is 2.20. The monoisotopic (exact) mass is 910 g/mol. The van der Waals surface area contributed by atoms with Gasteiger partial charge in [-0.25, -0.2) is 9.59 Å². The molecule has 12 heteroatoms. The molecule has 2 atom stereocenters. The predicted octanol–water partition coefficient (Wildman–Crippen LogP) is 8.74. The van der Waals surface area contributed by atoms with Crippen molar-refractivity contribution in [1.29, 1.82) is 0 Å². The number of ether oxygens (including phenoxy) is 4. The molecule has 0 saturated carbocycles. The summed E-state index contributed by atoms with van der Waals surface area (Å²) in [6.45, 7) is 1.41. The number of para-hydroxylation sites is 2. The van der Waals surface area contributed by atoms with Gasteiger partial charge < -0.3 is 38.4 Å². The van der Waals surface area contributed by atoms with Crippen molar-refractivity contribution in [2.75, 3.05) is 39.4 Å². The van der Waals surface area contributed by atoms with Gasteiger partial charge in [0.05, 0.1) is 10.8 Å². The highest BCUT2D eigenvalue weighted by Crippen LogP contribution is 2.30. The maximum atomic E-state index is 13.4. The standard InChI is InChI=1S/C56H50N2O10/c59-47-33-51(41-19-9-3-10-20-41)67-55-45(47)23-13-25-49(55)63-37-43(35-57-31-29-39-15-5-1-6-16-39)65-53(61)27-28-54(62)66-44(36-58-32-30-40-17-7-2-8-18-40)38-64-50-26-14-24-46-48(60)34-52(68-56(46)50)42-21-11-4-12-22-42/h1-28,33-34,43-44,57-58H,29-32,35-38H2/b28-27-. The highest BCUT2D eigenvalue weighted by atomic mass is 16.6. The minimum absolute atomic E-state index is 0.101. The lowest BCUT2D eigenvalue weighted by Crippen LogP contribution is -2.36. The first-order chi connectivity index (χ1) is 33.4. The summed E-state index contributed by atoms with van der Waals surface area (Å²) in [6, 6.07) is 51.5. The summed E-state index contributed by atoms with van der Waals surface area (Å²) in [5.41, 5.74) is 3.82. The van der Waals surface area contributed by atoms with Crippen molar-refractivity contribution in [3.8, 4) is 34.1 Å². The van der Waals surface area contributed by atoms with Gasteiger partial charge >= 0.3 is 11.9 Å². The Bertz CT molecular complexity index is 2860. The zero-order valence-corrected chi connectivity index (χ0v) is 37.2. The SMILES string of the molecule is O=C(/C=C\C(=O)OC(CNCCc1ccccc1)COc1cccc2c(=O)cc(-c3ccccc3)oc12)OC(CNCCc1ccccc1)COc1cccc2c(=O)cc(-c3ccccc3)oc12. The van der Waals surface area contributed by atoms with E-state index in [9.17, 15) is 19.2 Å². The Morgan fingerprint density at radius 2 is 0.868 bits per heavy atom. The van der Waals surface area contributed by atoms with Crippen LogP contribution in [-0.4, -0.2) is 63.5 Å². The number of carbonyl (C=O) groups excluding carboxylic acids is 2. The Morgan fingerprint density at radius 1 is 0.485 bits per heavy atom. The van der Waals surface area contributed by atoms with Crippen LogP contribution >= 0.6 is 0 Å². The van der Waals surface area contributed by atoms with E-state index in [4.69, 9.17) is 27.8 Å². The third-order valence-electron chi connectivity index (χ3n) is 10.9. The van der Waals surface area contributed by atoms with E-state index in [1.165, 1.54) is 12.1 Å². The van der Waals surface area contributed by atoms with Crippen molar-refractivity contribution < 1.29 is 37.4 Å². The van der Waals surface area contributed by atoms with Crippen LogP contribution in [0.15, 0.2) is 200 Å². The number of carbonyl (C=O) groups is 2. The molecular formula is C56H50N2O10. The Morgan fingerprint density at radius 3 is 1.26 bits per heavy atom. The highest BCUT2D eigenvalue weighted by molar-refractivity contribution is 5.92. The molecule has 0 fully saturated rings. The summed E-state index contributed by atoms with van der Waals surface area (Å²) in [6.07, 6.45) is 1.84. The van der Waals surface area contributed by atoms with Gasteiger partial charge in [-0.3, -0.25) is 9.59 Å². The van der Waals surface area contributed by atoms with Crippen molar-refractivity contribution in [1.82, 2.24) is 10.6 Å². The first-order valence-electron chi connectivity index (χ1n) is 22.4. The molecule has 344 valence electrons. The summed E-state index contributed by atoms with van der Waals surface area (Å²) in [5, 5.41) is 7.36. The van der Waals surface area contributed by atoms with Crippen LogP contribution in [0.25, 0.3) is 44.6 Å². The van der Waals surface area contributed by atoms with Crippen LogP contribution in [-0.2, 0) is 31.9 Å². The summed E-state index contributed by atoms with van der Waals surface area (Å²) in [4.78, 5) is 53.1. The van der Waals surface area contributed by atoms with Gasteiger partial charge in [-0.1, -0.05) is 133 Å². The third kappa shape index (κ3) is 12.8. The minimum atomic E-state index is -0.823. The molecule has 0 saturated heterocycles. The van der Waals surface area contributed by atoms with Crippen LogP contribution in [0.4, 0.5) is 0 Å². The van der Waals surface area contributed by atoms with Gasteiger partial charge in [0.15, 0.2) is 33.5 Å². The molecule has 0 bridgehead atoms. The van der Waals surface area contributed by atoms with Gasteiger partial charge in [-0.15, -0.1) is 0 Å². The average Bonchev–Trinajstić information content (AvgIpc) is 3.37. The largest absolute Gasteiger partial charge is 0.486 e. The molecule has 0 aliphatic rings. The fourth-order valence-corrected chi connectivity index (χ4v) is 7.48. The zero-order chi connectivity index (χ0) is 46.9. The summed E-state index contributed by atoms with van der Waals surface area (Å²) in [5.74, 6) is -0.227. The number of hydrogen-bond acceptors (Lipinski definition) is 12. The van der Waals surface area contributed by atoms with E-state index in [2.05, 4.69) is 10.6 Å². The molecule has 0 amide bonds. The molecule has 0 spiro atoms. The number of nitrogens with one attached hydrogen (secondary N) is 2. The van der Waals surface area contributed by atoms with Crippen LogP contribution in [0.2, 0.25) is 0 Å². The molecule has 2 N–H and O–H groups in total. The van der Waals surface area contributed by atoms with Crippen molar-refractivity contribution in [3.63, 3.8) is 0 Å². The number of hydrogen-bond donors (Lipinski definition) is 2. The molecule has 2 heterocycles. The van der Waals surface area contributed by atoms with Gasteiger partial charge in [0, 0.05) is 48.5 Å². The van der Waals surface area contributed by atoms with E-state index in [1.54, 1.807) is 36.4 Å². The van der Waals surface area contributed by atoms with E-state index in [0.717, 1.165) is 47.2 Å². The average molecular weight is 911 g/mol. The maximum Gasteiger partial charge on any atom is 0.331 e. The minimum Gasteiger partial charge on any atom is -0.486 e. The number of rotatable bonds is 22.